The van der Waals surface area contributed by atoms with Gasteiger partial charge in [-0.2, -0.15) is 0 Å². The number of benzene rings is 2. The first-order chi connectivity index (χ1) is 14.8. The Balaban J connectivity index is 1.37. The molecule has 0 atom stereocenters. The zero-order valence-electron chi connectivity index (χ0n) is 17.6. The van der Waals surface area contributed by atoms with Crippen molar-refractivity contribution < 1.29 is 4.79 Å². The fourth-order valence-corrected chi connectivity index (χ4v) is 4.45. The van der Waals surface area contributed by atoms with Crippen molar-refractivity contribution in [1.82, 2.24) is 14.9 Å². The summed E-state index contributed by atoms with van der Waals surface area (Å²) >= 11 is 0. The molecule has 1 saturated carbocycles. The van der Waals surface area contributed by atoms with Crippen molar-refractivity contribution in [2.45, 2.75) is 51.5 Å². The van der Waals surface area contributed by atoms with Crippen LogP contribution < -0.4 is 5.32 Å². The molecular formula is C26H31N3O. The van der Waals surface area contributed by atoms with Crippen LogP contribution in [-0.2, 0) is 17.8 Å². The number of amides is 1. The minimum Gasteiger partial charge on any atom is -0.352 e. The molecule has 1 heterocycles. The summed E-state index contributed by atoms with van der Waals surface area (Å²) in [5, 5.41) is 3.00. The molecule has 0 unspecified atom stereocenters. The molecule has 1 aromatic heterocycles. The first-order valence-electron chi connectivity index (χ1n) is 11.2. The van der Waals surface area contributed by atoms with Crippen molar-refractivity contribution in [3.63, 3.8) is 0 Å². The van der Waals surface area contributed by atoms with E-state index >= 15 is 0 Å². The van der Waals surface area contributed by atoms with Crippen molar-refractivity contribution in [2.75, 3.05) is 6.54 Å². The Labute approximate surface area is 179 Å². The number of carbonyl (C=O) groups is 1. The van der Waals surface area contributed by atoms with Crippen LogP contribution in [0.4, 0.5) is 0 Å². The van der Waals surface area contributed by atoms with E-state index in [4.69, 9.17) is 4.98 Å². The van der Waals surface area contributed by atoms with Crippen LogP contribution in [0.3, 0.4) is 0 Å². The molecule has 0 spiro atoms. The number of nitrogens with one attached hydrogen (secondary N) is 1. The summed E-state index contributed by atoms with van der Waals surface area (Å²) in [5.41, 5.74) is 3.28. The molecule has 1 aliphatic rings. The highest BCUT2D eigenvalue weighted by atomic mass is 16.1. The second-order valence-corrected chi connectivity index (χ2v) is 8.25. The van der Waals surface area contributed by atoms with Crippen LogP contribution in [0.2, 0.25) is 0 Å². The number of aryl methyl sites for hydroxylation is 1. The maximum atomic E-state index is 12.2. The zero-order chi connectivity index (χ0) is 20.6. The fourth-order valence-electron chi connectivity index (χ4n) is 4.45. The Morgan fingerprint density at radius 2 is 1.80 bits per heavy atom. The molecule has 0 radical (unpaired) electrons. The van der Waals surface area contributed by atoms with Gasteiger partial charge in [-0.05, 0) is 36.1 Å². The smallest absolute Gasteiger partial charge is 0.244 e. The van der Waals surface area contributed by atoms with Crippen LogP contribution in [-0.4, -0.2) is 22.0 Å². The maximum Gasteiger partial charge on any atom is 0.244 e. The van der Waals surface area contributed by atoms with Crippen LogP contribution in [0.5, 0.6) is 0 Å². The third-order valence-electron chi connectivity index (χ3n) is 6.09. The van der Waals surface area contributed by atoms with Crippen LogP contribution in [0, 0.1) is 5.92 Å². The number of hydrogen-bond donors (Lipinski definition) is 1. The SMILES string of the molecule is O=C(/C=C/c1ccccc1)NCCc1nc2ccccc2n1CCC1CCCCC1. The Morgan fingerprint density at radius 3 is 2.63 bits per heavy atom. The predicted molar refractivity (Wildman–Crippen MR) is 123 cm³/mol. The molecular weight excluding hydrogens is 370 g/mol. The summed E-state index contributed by atoms with van der Waals surface area (Å²) in [7, 11) is 0. The highest BCUT2D eigenvalue weighted by molar-refractivity contribution is 5.91. The summed E-state index contributed by atoms with van der Waals surface area (Å²) in [5.74, 6) is 1.85. The summed E-state index contributed by atoms with van der Waals surface area (Å²) in [6.07, 6.45) is 12.3. The number of aromatic nitrogens is 2. The van der Waals surface area contributed by atoms with Gasteiger partial charge in [0.1, 0.15) is 5.82 Å². The normalized spacial score (nSPS) is 15.1. The molecule has 2 aromatic carbocycles. The molecule has 4 rings (SSSR count). The van der Waals surface area contributed by atoms with Crippen molar-refractivity contribution in [3.05, 3.63) is 72.1 Å². The van der Waals surface area contributed by atoms with Crippen LogP contribution in [0.1, 0.15) is 49.9 Å². The van der Waals surface area contributed by atoms with E-state index in [1.807, 2.05) is 42.5 Å². The summed E-state index contributed by atoms with van der Waals surface area (Å²) in [4.78, 5) is 17.0. The second kappa shape index (κ2) is 10.2. The molecule has 1 N–H and O–H groups in total. The Morgan fingerprint density at radius 1 is 1.03 bits per heavy atom. The van der Waals surface area contributed by atoms with Gasteiger partial charge in [0.25, 0.3) is 0 Å². The van der Waals surface area contributed by atoms with Gasteiger partial charge in [0.15, 0.2) is 0 Å². The molecule has 3 aromatic rings. The number of para-hydroxylation sites is 2. The van der Waals surface area contributed by atoms with Gasteiger partial charge in [0, 0.05) is 25.6 Å². The molecule has 1 aliphatic carbocycles. The van der Waals surface area contributed by atoms with E-state index < -0.39 is 0 Å². The Bertz CT molecular complexity index is 984. The minimum atomic E-state index is -0.0660. The number of imidazole rings is 1. The molecule has 4 nitrogen and oxygen atoms in total. The van der Waals surface area contributed by atoms with E-state index in [9.17, 15) is 4.79 Å². The quantitative estimate of drug-likeness (QED) is 0.515. The van der Waals surface area contributed by atoms with Crippen molar-refractivity contribution in [1.29, 1.82) is 0 Å². The van der Waals surface area contributed by atoms with Gasteiger partial charge >= 0.3 is 0 Å². The van der Waals surface area contributed by atoms with Gasteiger partial charge in [-0.3, -0.25) is 4.79 Å². The number of hydrogen-bond acceptors (Lipinski definition) is 2. The topological polar surface area (TPSA) is 46.9 Å². The standard InChI is InChI=1S/C26H31N3O/c30-26(16-15-21-9-3-1-4-10-21)27-19-17-25-28-23-13-7-8-14-24(23)29(25)20-18-22-11-5-2-6-12-22/h1,3-4,7-10,13-16,22H,2,5-6,11-12,17-20H2,(H,27,30)/b16-15+. The number of carbonyl (C=O) groups excluding carboxylic acids is 1. The molecule has 0 saturated heterocycles. The number of nitrogens with zero attached hydrogens (tertiary/aromatic N) is 2. The average molecular weight is 402 g/mol. The fraction of sp³-hybridized carbons (Fsp3) is 0.385. The third kappa shape index (κ3) is 5.38. The average Bonchev–Trinajstić information content (AvgIpc) is 3.15. The lowest BCUT2D eigenvalue weighted by Crippen LogP contribution is -2.24. The summed E-state index contributed by atoms with van der Waals surface area (Å²) in [6, 6.07) is 18.2. The molecule has 1 fully saturated rings. The Hall–Kier alpha value is -2.88. The van der Waals surface area contributed by atoms with E-state index in [1.54, 1.807) is 6.08 Å². The van der Waals surface area contributed by atoms with Gasteiger partial charge in [-0.25, -0.2) is 4.98 Å². The van der Waals surface area contributed by atoms with E-state index in [-0.39, 0.29) is 5.91 Å². The summed E-state index contributed by atoms with van der Waals surface area (Å²) < 4.78 is 2.37. The van der Waals surface area contributed by atoms with Gasteiger partial charge in [-0.1, -0.05) is 74.6 Å². The maximum absolute atomic E-state index is 12.2. The first kappa shape index (κ1) is 20.4. The van der Waals surface area contributed by atoms with Crippen molar-refractivity contribution in [3.8, 4) is 0 Å². The van der Waals surface area contributed by atoms with E-state index in [0.717, 1.165) is 35.8 Å². The van der Waals surface area contributed by atoms with Gasteiger partial charge < -0.3 is 9.88 Å². The Kier molecular flexibility index (Phi) is 6.96. The zero-order valence-corrected chi connectivity index (χ0v) is 17.6. The van der Waals surface area contributed by atoms with E-state index in [2.05, 4.69) is 28.1 Å². The third-order valence-corrected chi connectivity index (χ3v) is 6.09. The van der Waals surface area contributed by atoms with Crippen LogP contribution in [0.25, 0.3) is 17.1 Å². The largest absolute Gasteiger partial charge is 0.352 e. The molecule has 4 heteroatoms. The van der Waals surface area contributed by atoms with Crippen LogP contribution in [0.15, 0.2) is 60.7 Å². The van der Waals surface area contributed by atoms with Crippen LogP contribution >= 0.6 is 0 Å². The molecule has 156 valence electrons. The molecule has 0 bridgehead atoms. The highest BCUT2D eigenvalue weighted by Gasteiger charge is 2.16. The van der Waals surface area contributed by atoms with Gasteiger partial charge in [0.2, 0.25) is 5.91 Å². The molecule has 30 heavy (non-hydrogen) atoms. The van der Waals surface area contributed by atoms with Crippen molar-refractivity contribution in [2.24, 2.45) is 5.92 Å². The molecule has 1 amide bonds. The van der Waals surface area contributed by atoms with Crippen molar-refractivity contribution >= 4 is 23.0 Å². The molecule has 0 aliphatic heterocycles. The minimum absolute atomic E-state index is 0.0660. The summed E-state index contributed by atoms with van der Waals surface area (Å²) in [6.45, 7) is 1.60. The highest BCUT2D eigenvalue weighted by Crippen LogP contribution is 2.27. The predicted octanol–water partition coefficient (Wildman–Crippen LogP) is 5.38. The second-order valence-electron chi connectivity index (χ2n) is 8.25. The van der Waals surface area contributed by atoms with E-state index in [0.29, 0.717) is 6.54 Å². The lowest BCUT2D eigenvalue weighted by Gasteiger charge is -2.22. The lowest BCUT2D eigenvalue weighted by molar-refractivity contribution is -0.116. The first-order valence-corrected chi connectivity index (χ1v) is 11.2. The number of rotatable bonds is 8. The van der Waals surface area contributed by atoms with E-state index in [1.165, 1.54) is 44.0 Å². The number of fused-ring (bicyclic) bond motifs is 1. The monoisotopic (exact) mass is 401 g/mol. The van der Waals surface area contributed by atoms with Gasteiger partial charge in [-0.15, -0.1) is 0 Å². The van der Waals surface area contributed by atoms with Gasteiger partial charge in [0.05, 0.1) is 11.0 Å². The lowest BCUT2D eigenvalue weighted by atomic mass is 9.87.